The van der Waals surface area contributed by atoms with Gasteiger partial charge < -0.3 is 14.6 Å². The van der Waals surface area contributed by atoms with Crippen molar-refractivity contribution >= 4 is 22.7 Å². The molecule has 3 nitrogen and oxygen atoms in total. The summed E-state index contributed by atoms with van der Waals surface area (Å²) in [5.74, 6) is 1.16. The fraction of sp³-hybridized carbons (Fsp3) is 0.500. The average Bonchev–Trinajstić information content (AvgIpc) is 2.83. The number of aryl methyl sites for hydroxylation is 1. The number of methoxy groups -OCH3 is 1. The minimum atomic E-state index is 0.773. The molecule has 0 amide bonds. The second-order valence-corrected chi connectivity index (χ2v) is 5.84. The third kappa shape index (κ3) is 4.01. The van der Waals surface area contributed by atoms with Crippen LogP contribution < -0.4 is 5.32 Å². The topological polar surface area (TPSA) is 26.2 Å². The maximum absolute atomic E-state index is 5.04. The monoisotopic (exact) mass is 292 g/mol. The van der Waals surface area contributed by atoms with Crippen LogP contribution in [0.3, 0.4) is 0 Å². The third-order valence-corrected chi connectivity index (χ3v) is 4.05. The van der Waals surface area contributed by atoms with Gasteiger partial charge in [0.25, 0.3) is 0 Å². The second-order valence-electron chi connectivity index (χ2n) is 4.85. The Kier molecular flexibility index (Phi) is 6.43. The van der Waals surface area contributed by atoms with Crippen molar-refractivity contribution in [2.45, 2.75) is 13.0 Å². The minimum absolute atomic E-state index is 0.773. The van der Waals surface area contributed by atoms with Gasteiger partial charge in [0, 0.05) is 43.1 Å². The summed E-state index contributed by atoms with van der Waals surface area (Å²) >= 11 is 1.89. The Morgan fingerprint density at radius 1 is 1.25 bits per heavy atom. The smallest absolute Gasteiger partial charge is 0.0587 e. The number of ether oxygens (including phenoxy) is 1. The number of aromatic nitrogens is 1. The highest BCUT2D eigenvalue weighted by Gasteiger charge is 2.07. The van der Waals surface area contributed by atoms with E-state index in [1.165, 1.54) is 16.5 Å². The molecular formula is C16H24N2OS. The van der Waals surface area contributed by atoms with Gasteiger partial charge in [0.15, 0.2) is 0 Å². The summed E-state index contributed by atoms with van der Waals surface area (Å²) in [4.78, 5) is 0. The first kappa shape index (κ1) is 15.4. The summed E-state index contributed by atoms with van der Waals surface area (Å²) in [7, 11) is 1.74. The summed E-state index contributed by atoms with van der Waals surface area (Å²) in [6.07, 6.45) is 5.54. The minimum Gasteiger partial charge on any atom is -0.383 e. The Hall–Kier alpha value is -0.970. The summed E-state index contributed by atoms with van der Waals surface area (Å²) in [6.45, 7) is 3.77. The number of nitrogens with zero attached hydrogens (tertiary/aromatic N) is 1. The highest BCUT2D eigenvalue weighted by atomic mass is 32.2. The molecule has 1 aromatic carbocycles. The lowest BCUT2D eigenvalue weighted by Crippen LogP contribution is -2.21. The van der Waals surface area contributed by atoms with E-state index in [4.69, 9.17) is 4.74 Å². The third-order valence-electron chi connectivity index (χ3n) is 3.46. The molecular weight excluding hydrogens is 268 g/mol. The number of benzene rings is 1. The molecule has 4 heteroatoms. The lowest BCUT2D eigenvalue weighted by molar-refractivity contribution is 0.199. The summed E-state index contributed by atoms with van der Waals surface area (Å²) in [6, 6.07) is 8.70. The first-order chi connectivity index (χ1) is 9.86. The fourth-order valence-electron chi connectivity index (χ4n) is 2.42. The van der Waals surface area contributed by atoms with E-state index in [0.717, 1.165) is 38.4 Å². The highest BCUT2D eigenvalue weighted by Crippen LogP contribution is 2.22. The van der Waals surface area contributed by atoms with Crippen molar-refractivity contribution in [3.63, 3.8) is 0 Å². The fourth-order valence-corrected chi connectivity index (χ4v) is 2.80. The van der Waals surface area contributed by atoms with Crippen LogP contribution in [-0.2, 0) is 17.7 Å². The molecule has 2 aromatic rings. The van der Waals surface area contributed by atoms with Gasteiger partial charge >= 0.3 is 0 Å². The summed E-state index contributed by atoms with van der Waals surface area (Å²) in [5, 5.41) is 4.80. The van der Waals surface area contributed by atoms with Crippen LogP contribution in [-0.4, -0.2) is 43.4 Å². The summed E-state index contributed by atoms with van der Waals surface area (Å²) in [5.41, 5.74) is 2.79. The molecule has 110 valence electrons. The molecule has 0 saturated heterocycles. The van der Waals surface area contributed by atoms with Crippen molar-refractivity contribution in [2.75, 3.05) is 38.8 Å². The van der Waals surface area contributed by atoms with E-state index in [1.807, 2.05) is 11.8 Å². The van der Waals surface area contributed by atoms with Crippen LogP contribution in [0.5, 0.6) is 0 Å². The number of hydrogen-bond acceptors (Lipinski definition) is 3. The lowest BCUT2D eigenvalue weighted by Gasteiger charge is -2.03. The molecule has 0 spiro atoms. The lowest BCUT2D eigenvalue weighted by atomic mass is 10.1. The van der Waals surface area contributed by atoms with Gasteiger partial charge in [-0.2, -0.15) is 11.8 Å². The zero-order valence-electron chi connectivity index (χ0n) is 12.4. The zero-order valence-corrected chi connectivity index (χ0v) is 13.2. The maximum Gasteiger partial charge on any atom is 0.0587 e. The van der Waals surface area contributed by atoms with Crippen molar-refractivity contribution in [3.05, 3.63) is 36.0 Å². The van der Waals surface area contributed by atoms with E-state index in [-0.39, 0.29) is 0 Å². The van der Waals surface area contributed by atoms with Gasteiger partial charge in [0.05, 0.1) is 6.61 Å². The molecule has 0 radical (unpaired) electrons. The van der Waals surface area contributed by atoms with Crippen LogP contribution >= 0.6 is 11.8 Å². The number of fused-ring (bicyclic) bond motifs is 1. The van der Waals surface area contributed by atoms with Crippen molar-refractivity contribution < 1.29 is 4.74 Å². The van der Waals surface area contributed by atoms with Crippen LogP contribution in [0.2, 0.25) is 0 Å². The Balaban J connectivity index is 2.04. The van der Waals surface area contributed by atoms with E-state index < -0.39 is 0 Å². The van der Waals surface area contributed by atoms with Crippen molar-refractivity contribution in [2.24, 2.45) is 0 Å². The molecule has 0 unspecified atom stereocenters. The zero-order chi connectivity index (χ0) is 14.2. The number of rotatable bonds is 9. The number of para-hydroxylation sites is 1. The standard InChI is InChI=1S/C16H24N2OS/c1-19-11-9-17-8-7-14-13-18(10-12-20-2)16-6-4-3-5-15(14)16/h3-6,13,17H,7-12H2,1-2H3. The van der Waals surface area contributed by atoms with Crippen LogP contribution in [0.15, 0.2) is 30.5 Å². The molecule has 2 rings (SSSR count). The van der Waals surface area contributed by atoms with E-state index in [2.05, 4.69) is 46.6 Å². The van der Waals surface area contributed by atoms with Gasteiger partial charge in [-0.05, 0) is 30.9 Å². The van der Waals surface area contributed by atoms with Crippen molar-refractivity contribution in [1.29, 1.82) is 0 Å². The average molecular weight is 292 g/mol. The highest BCUT2D eigenvalue weighted by molar-refractivity contribution is 7.98. The second kappa shape index (κ2) is 8.35. The van der Waals surface area contributed by atoms with E-state index in [0.29, 0.717) is 0 Å². The van der Waals surface area contributed by atoms with Crippen molar-refractivity contribution in [3.8, 4) is 0 Å². The van der Waals surface area contributed by atoms with Gasteiger partial charge in [0.2, 0.25) is 0 Å². The molecule has 20 heavy (non-hydrogen) atoms. The quantitative estimate of drug-likeness (QED) is 0.720. The Labute approximate surface area is 125 Å². The van der Waals surface area contributed by atoms with E-state index >= 15 is 0 Å². The van der Waals surface area contributed by atoms with Crippen LogP contribution in [0.25, 0.3) is 10.9 Å². The number of nitrogens with one attached hydrogen (secondary N) is 1. The van der Waals surface area contributed by atoms with Crippen molar-refractivity contribution in [1.82, 2.24) is 9.88 Å². The Morgan fingerprint density at radius 2 is 2.10 bits per heavy atom. The maximum atomic E-state index is 5.04. The molecule has 0 aliphatic heterocycles. The van der Waals surface area contributed by atoms with Gasteiger partial charge in [0.1, 0.15) is 0 Å². The predicted molar refractivity (Wildman–Crippen MR) is 88.8 cm³/mol. The van der Waals surface area contributed by atoms with Crippen LogP contribution in [0, 0.1) is 0 Å². The van der Waals surface area contributed by atoms with Crippen LogP contribution in [0.4, 0.5) is 0 Å². The largest absolute Gasteiger partial charge is 0.383 e. The predicted octanol–water partition coefficient (Wildman–Crippen LogP) is 2.78. The van der Waals surface area contributed by atoms with Gasteiger partial charge in [-0.15, -0.1) is 0 Å². The number of hydrogen-bond donors (Lipinski definition) is 1. The first-order valence-corrected chi connectivity index (χ1v) is 8.51. The molecule has 0 fully saturated rings. The van der Waals surface area contributed by atoms with E-state index in [1.54, 1.807) is 7.11 Å². The Bertz CT molecular complexity index is 524. The molecule has 0 aliphatic carbocycles. The van der Waals surface area contributed by atoms with Crippen LogP contribution in [0.1, 0.15) is 5.56 Å². The van der Waals surface area contributed by atoms with E-state index in [9.17, 15) is 0 Å². The van der Waals surface area contributed by atoms with Gasteiger partial charge in [-0.1, -0.05) is 18.2 Å². The normalized spacial score (nSPS) is 11.3. The summed E-state index contributed by atoms with van der Waals surface area (Å²) < 4.78 is 7.43. The molecule has 0 bridgehead atoms. The SMILES string of the molecule is COCCNCCc1cn(CCSC)c2ccccc12. The Morgan fingerprint density at radius 3 is 2.90 bits per heavy atom. The molecule has 0 atom stereocenters. The molecule has 1 heterocycles. The molecule has 0 saturated carbocycles. The molecule has 0 aliphatic rings. The first-order valence-electron chi connectivity index (χ1n) is 7.12. The van der Waals surface area contributed by atoms with Gasteiger partial charge in [-0.3, -0.25) is 0 Å². The molecule has 1 N–H and O–H groups in total. The molecule has 1 aromatic heterocycles. The number of thioether (sulfide) groups is 1. The van der Waals surface area contributed by atoms with Gasteiger partial charge in [-0.25, -0.2) is 0 Å².